The number of nitro groups is 1. The second-order valence-electron chi connectivity index (χ2n) is 3.58. The standard InChI is InChI=1S/C11H6BrClN4O3/c12-8-2-1-3-10(15-8)16-11(18)6-4-9(13)14-5-7(6)17(19)20/h1-5H,(H,15,16,18). The van der Waals surface area contributed by atoms with Crippen molar-refractivity contribution in [2.24, 2.45) is 0 Å². The van der Waals surface area contributed by atoms with E-state index in [0.717, 1.165) is 12.3 Å². The van der Waals surface area contributed by atoms with E-state index in [1.165, 1.54) is 0 Å². The number of rotatable bonds is 3. The molecule has 102 valence electrons. The molecular formula is C11H6BrClN4O3. The number of carbonyl (C=O) groups is 1. The Labute approximate surface area is 126 Å². The second-order valence-corrected chi connectivity index (χ2v) is 4.78. The molecule has 1 N–H and O–H groups in total. The van der Waals surface area contributed by atoms with Crippen molar-refractivity contribution in [3.8, 4) is 0 Å². The van der Waals surface area contributed by atoms with E-state index in [1.54, 1.807) is 18.2 Å². The number of halogens is 2. The summed E-state index contributed by atoms with van der Waals surface area (Å²) in [5.74, 6) is -0.432. The zero-order valence-electron chi connectivity index (χ0n) is 9.71. The molecular weight excluding hydrogens is 352 g/mol. The minimum atomic E-state index is -0.702. The third kappa shape index (κ3) is 3.28. The van der Waals surface area contributed by atoms with E-state index in [1.807, 2.05) is 0 Å². The van der Waals surface area contributed by atoms with Crippen LogP contribution in [-0.4, -0.2) is 20.8 Å². The SMILES string of the molecule is O=C(Nc1cccc(Br)n1)c1cc(Cl)ncc1[N+](=O)[O-]. The van der Waals surface area contributed by atoms with Gasteiger partial charge in [-0.25, -0.2) is 9.97 Å². The van der Waals surface area contributed by atoms with Crippen molar-refractivity contribution in [2.75, 3.05) is 5.32 Å². The Bertz CT molecular complexity index is 695. The Balaban J connectivity index is 2.34. The number of nitrogens with zero attached hydrogens (tertiary/aromatic N) is 3. The average Bonchev–Trinajstić information content (AvgIpc) is 2.38. The Morgan fingerprint density at radius 3 is 2.85 bits per heavy atom. The number of nitrogens with one attached hydrogen (secondary N) is 1. The Kier molecular flexibility index (Phi) is 4.26. The molecule has 0 bridgehead atoms. The van der Waals surface area contributed by atoms with Gasteiger partial charge in [0.15, 0.2) is 0 Å². The van der Waals surface area contributed by atoms with Gasteiger partial charge in [0, 0.05) is 0 Å². The van der Waals surface area contributed by atoms with Gasteiger partial charge in [-0.1, -0.05) is 17.7 Å². The molecule has 0 fully saturated rings. The minimum absolute atomic E-state index is 0.0112. The van der Waals surface area contributed by atoms with Crippen molar-refractivity contribution in [1.29, 1.82) is 0 Å². The number of hydrogen-bond acceptors (Lipinski definition) is 5. The number of amides is 1. The predicted octanol–water partition coefficient (Wildman–Crippen LogP) is 3.05. The summed E-state index contributed by atoms with van der Waals surface area (Å²) in [7, 11) is 0. The normalized spacial score (nSPS) is 10.1. The summed E-state index contributed by atoms with van der Waals surface area (Å²) in [6.45, 7) is 0. The van der Waals surface area contributed by atoms with Crippen LogP contribution in [-0.2, 0) is 0 Å². The number of carbonyl (C=O) groups excluding carboxylic acids is 1. The molecule has 0 unspecified atom stereocenters. The van der Waals surface area contributed by atoms with Crippen molar-refractivity contribution in [3.05, 3.63) is 55.9 Å². The van der Waals surface area contributed by atoms with Crippen LogP contribution < -0.4 is 5.32 Å². The molecule has 0 aliphatic heterocycles. The van der Waals surface area contributed by atoms with Crippen LogP contribution in [0.25, 0.3) is 0 Å². The fourth-order valence-corrected chi connectivity index (χ4v) is 1.91. The largest absolute Gasteiger partial charge is 0.306 e. The van der Waals surface area contributed by atoms with Crippen molar-refractivity contribution in [3.63, 3.8) is 0 Å². The van der Waals surface area contributed by atoms with Crippen molar-refractivity contribution in [1.82, 2.24) is 9.97 Å². The molecule has 0 spiro atoms. The predicted molar refractivity (Wildman–Crippen MR) is 75.8 cm³/mol. The zero-order valence-corrected chi connectivity index (χ0v) is 12.1. The number of hydrogen-bond donors (Lipinski definition) is 1. The maximum Gasteiger partial charge on any atom is 0.300 e. The van der Waals surface area contributed by atoms with Crippen LogP contribution in [0.5, 0.6) is 0 Å². The Morgan fingerprint density at radius 2 is 2.20 bits per heavy atom. The topological polar surface area (TPSA) is 98.0 Å². The lowest BCUT2D eigenvalue weighted by atomic mass is 10.2. The molecule has 9 heteroatoms. The van der Waals surface area contributed by atoms with Crippen LogP contribution in [0.3, 0.4) is 0 Å². The number of aromatic nitrogens is 2. The first-order valence-corrected chi connectivity index (χ1v) is 6.38. The summed E-state index contributed by atoms with van der Waals surface area (Å²) in [6, 6.07) is 6.03. The Hall–Kier alpha value is -2.06. The van der Waals surface area contributed by atoms with E-state index < -0.39 is 16.5 Å². The summed E-state index contributed by atoms with van der Waals surface area (Å²) >= 11 is 8.81. The van der Waals surface area contributed by atoms with Gasteiger partial charge in [-0.05, 0) is 34.1 Å². The van der Waals surface area contributed by atoms with Gasteiger partial charge < -0.3 is 5.32 Å². The van der Waals surface area contributed by atoms with E-state index in [-0.39, 0.29) is 16.5 Å². The second kappa shape index (κ2) is 5.93. The third-order valence-corrected chi connectivity index (χ3v) is 2.90. The monoisotopic (exact) mass is 356 g/mol. The van der Waals surface area contributed by atoms with Gasteiger partial charge in [0.2, 0.25) is 0 Å². The molecule has 2 rings (SSSR count). The van der Waals surface area contributed by atoms with E-state index in [2.05, 4.69) is 31.2 Å². The smallest absolute Gasteiger partial charge is 0.300 e. The fraction of sp³-hybridized carbons (Fsp3) is 0. The number of pyridine rings is 2. The highest BCUT2D eigenvalue weighted by atomic mass is 79.9. The summed E-state index contributed by atoms with van der Waals surface area (Å²) in [5, 5.41) is 13.3. The third-order valence-electron chi connectivity index (χ3n) is 2.25. The molecule has 2 heterocycles. The van der Waals surface area contributed by atoms with Gasteiger partial charge in [-0.15, -0.1) is 0 Å². The van der Waals surface area contributed by atoms with Crippen LogP contribution in [0.4, 0.5) is 11.5 Å². The first-order chi connectivity index (χ1) is 9.47. The van der Waals surface area contributed by atoms with Gasteiger partial charge >= 0.3 is 0 Å². The molecule has 0 aromatic carbocycles. The summed E-state index contributed by atoms with van der Waals surface area (Å²) < 4.78 is 0.526. The number of anilines is 1. The van der Waals surface area contributed by atoms with Crippen LogP contribution in [0.2, 0.25) is 5.15 Å². The fourth-order valence-electron chi connectivity index (χ4n) is 1.41. The molecule has 1 amide bonds. The van der Waals surface area contributed by atoms with E-state index >= 15 is 0 Å². The molecule has 0 aliphatic carbocycles. The molecule has 7 nitrogen and oxygen atoms in total. The van der Waals surface area contributed by atoms with E-state index in [0.29, 0.717) is 4.60 Å². The van der Waals surface area contributed by atoms with Crippen molar-refractivity contribution >= 4 is 44.9 Å². The molecule has 0 atom stereocenters. The van der Waals surface area contributed by atoms with Crippen LogP contribution in [0.1, 0.15) is 10.4 Å². The lowest BCUT2D eigenvalue weighted by Crippen LogP contribution is -2.15. The highest BCUT2D eigenvalue weighted by molar-refractivity contribution is 9.10. The van der Waals surface area contributed by atoms with E-state index in [4.69, 9.17) is 11.6 Å². The van der Waals surface area contributed by atoms with Crippen LogP contribution >= 0.6 is 27.5 Å². The summed E-state index contributed by atoms with van der Waals surface area (Å²) in [5.41, 5.74) is -0.612. The molecule has 2 aromatic rings. The molecule has 0 saturated heterocycles. The van der Waals surface area contributed by atoms with Crippen molar-refractivity contribution in [2.45, 2.75) is 0 Å². The highest BCUT2D eigenvalue weighted by Crippen LogP contribution is 2.21. The lowest BCUT2D eigenvalue weighted by molar-refractivity contribution is -0.385. The van der Waals surface area contributed by atoms with Gasteiger partial charge in [-0.3, -0.25) is 14.9 Å². The highest BCUT2D eigenvalue weighted by Gasteiger charge is 2.21. The van der Waals surface area contributed by atoms with Crippen molar-refractivity contribution < 1.29 is 9.72 Å². The molecule has 0 aliphatic rings. The molecule has 0 radical (unpaired) electrons. The van der Waals surface area contributed by atoms with Gasteiger partial charge in [-0.2, -0.15) is 0 Å². The Morgan fingerprint density at radius 1 is 1.45 bits per heavy atom. The minimum Gasteiger partial charge on any atom is -0.306 e. The maximum absolute atomic E-state index is 12.0. The lowest BCUT2D eigenvalue weighted by Gasteiger charge is -2.05. The van der Waals surface area contributed by atoms with E-state index in [9.17, 15) is 14.9 Å². The maximum atomic E-state index is 12.0. The molecule has 0 saturated carbocycles. The first kappa shape index (κ1) is 14.4. The molecule has 20 heavy (non-hydrogen) atoms. The quantitative estimate of drug-likeness (QED) is 0.517. The summed E-state index contributed by atoms with van der Waals surface area (Å²) in [6.07, 6.45) is 0.936. The van der Waals surface area contributed by atoms with Gasteiger partial charge in [0.05, 0.1) is 4.92 Å². The average molecular weight is 358 g/mol. The van der Waals surface area contributed by atoms with Gasteiger partial charge in [0.25, 0.3) is 11.6 Å². The summed E-state index contributed by atoms with van der Waals surface area (Å²) in [4.78, 5) is 29.8. The van der Waals surface area contributed by atoms with Gasteiger partial charge in [0.1, 0.15) is 27.3 Å². The van der Waals surface area contributed by atoms with Crippen LogP contribution in [0, 0.1) is 10.1 Å². The first-order valence-electron chi connectivity index (χ1n) is 5.21. The molecule has 2 aromatic heterocycles. The van der Waals surface area contributed by atoms with Crippen LogP contribution in [0.15, 0.2) is 35.1 Å². The zero-order chi connectivity index (χ0) is 14.7.